The molecule has 2 fully saturated rings. The first-order chi connectivity index (χ1) is 19.6. The number of anilines is 2. The van der Waals surface area contributed by atoms with Crippen molar-refractivity contribution in [2.75, 3.05) is 56.3 Å². The lowest BCUT2D eigenvalue weighted by molar-refractivity contribution is -0.129. The van der Waals surface area contributed by atoms with Gasteiger partial charge in [-0.2, -0.15) is 0 Å². The topological polar surface area (TPSA) is 101 Å². The molecule has 0 aliphatic carbocycles. The largest absolute Gasteiger partial charge is 0.497 e. The lowest BCUT2D eigenvalue weighted by Crippen LogP contribution is -2.52. The molecule has 0 bridgehead atoms. The zero-order valence-electron chi connectivity index (χ0n) is 24.6. The van der Waals surface area contributed by atoms with Crippen LogP contribution in [0.1, 0.15) is 45.6 Å². The molecule has 4 amide bonds. The van der Waals surface area contributed by atoms with Gasteiger partial charge in [-0.1, -0.05) is 12.1 Å². The van der Waals surface area contributed by atoms with Gasteiger partial charge in [0.2, 0.25) is 5.91 Å². The normalized spacial score (nSPS) is 16.6. The van der Waals surface area contributed by atoms with E-state index in [1.807, 2.05) is 69.3 Å². The quantitative estimate of drug-likeness (QED) is 0.412. The summed E-state index contributed by atoms with van der Waals surface area (Å²) in [6.07, 6.45) is 1.91. The molecule has 10 heteroatoms. The van der Waals surface area contributed by atoms with Gasteiger partial charge in [-0.05, 0) is 81.5 Å². The first-order valence-electron chi connectivity index (χ1n) is 14.3. The number of carbonyl (C=O) groups excluding carboxylic acids is 3. The predicted octanol–water partition coefficient (Wildman–Crippen LogP) is 4.81. The summed E-state index contributed by atoms with van der Waals surface area (Å²) in [4.78, 5) is 42.9. The van der Waals surface area contributed by atoms with Crippen LogP contribution in [-0.4, -0.2) is 75.0 Å². The maximum absolute atomic E-state index is 13.3. The van der Waals surface area contributed by atoms with E-state index in [-0.39, 0.29) is 24.9 Å². The van der Waals surface area contributed by atoms with Gasteiger partial charge in [0.25, 0.3) is 0 Å². The number of hydrogen-bond acceptors (Lipinski definition) is 7. The molecule has 0 aromatic heterocycles. The maximum atomic E-state index is 13.3. The first-order valence-corrected chi connectivity index (χ1v) is 14.3. The molecule has 0 unspecified atom stereocenters. The van der Waals surface area contributed by atoms with Gasteiger partial charge < -0.3 is 24.4 Å². The van der Waals surface area contributed by atoms with Crippen LogP contribution in [-0.2, 0) is 20.8 Å². The molecule has 2 aromatic carbocycles. The second-order valence-corrected chi connectivity index (χ2v) is 11.5. The second-order valence-electron chi connectivity index (χ2n) is 11.5. The highest BCUT2D eigenvalue weighted by atomic mass is 16.6. The Morgan fingerprint density at radius 3 is 2.24 bits per heavy atom. The molecule has 0 radical (unpaired) electrons. The number of piperidine rings is 1. The van der Waals surface area contributed by atoms with Gasteiger partial charge in [-0.15, -0.1) is 0 Å². The van der Waals surface area contributed by atoms with E-state index in [9.17, 15) is 14.4 Å². The Morgan fingerprint density at radius 1 is 0.951 bits per heavy atom. The van der Waals surface area contributed by atoms with Crippen molar-refractivity contribution in [3.8, 4) is 5.75 Å². The zero-order valence-corrected chi connectivity index (χ0v) is 24.6. The molecular weight excluding hydrogens is 524 g/mol. The predicted molar refractivity (Wildman–Crippen MR) is 157 cm³/mol. The number of nitrogens with zero attached hydrogens (tertiary/aromatic N) is 3. The highest BCUT2D eigenvalue weighted by Gasteiger charge is 2.33. The molecule has 2 aliphatic rings. The smallest absolute Gasteiger partial charge is 0.407 e. The number of amides is 4. The van der Waals surface area contributed by atoms with Crippen LogP contribution >= 0.6 is 0 Å². The van der Waals surface area contributed by atoms with Gasteiger partial charge in [0.1, 0.15) is 11.4 Å². The summed E-state index contributed by atoms with van der Waals surface area (Å²) >= 11 is 0. The summed E-state index contributed by atoms with van der Waals surface area (Å²) in [6, 6.07) is 15.1. The molecule has 0 spiro atoms. The van der Waals surface area contributed by atoms with Crippen molar-refractivity contribution in [2.24, 2.45) is 5.92 Å². The van der Waals surface area contributed by atoms with E-state index in [1.165, 1.54) is 4.90 Å². The first kappa shape index (κ1) is 30.2. The van der Waals surface area contributed by atoms with Crippen LogP contribution in [0.3, 0.4) is 0 Å². The van der Waals surface area contributed by atoms with Gasteiger partial charge in [-0.3, -0.25) is 14.6 Å². The number of alkyl carbamates (subject to hydrolysis) is 1. The Bertz CT molecular complexity index is 1170. The van der Waals surface area contributed by atoms with E-state index in [0.29, 0.717) is 32.2 Å². The highest BCUT2D eigenvalue weighted by Crippen LogP contribution is 2.28. The number of ether oxygens (including phenoxy) is 3. The Balaban J connectivity index is 1.22. The van der Waals surface area contributed by atoms with Crippen molar-refractivity contribution in [2.45, 2.75) is 52.2 Å². The zero-order chi connectivity index (χ0) is 29.4. The molecule has 1 N–H and O–H groups in total. The van der Waals surface area contributed by atoms with Crippen LogP contribution in [0, 0.1) is 5.92 Å². The minimum atomic E-state index is -0.510. The minimum Gasteiger partial charge on any atom is -0.497 e. The molecule has 222 valence electrons. The molecule has 2 heterocycles. The van der Waals surface area contributed by atoms with Crippen LogP contribution in [0.5, 0.6) is 5.75 Å². The maximum Gasteiger partial charge on any atom is 0.407 e. The molecule has 2 saturated heterocycles. The fraction of sp³-hybridized carbons (Fsp3) is 0.516. The summed E-state index contributed by atoms with van der Waals surface area (Å²) < 4.78 is 16.2. The Morgan fingerprint density at radius 2 is 1.61 bits per heavy atom. The van der Waals surface area contributed by atoms with Crippen molar-refractivity contribution in [3.05, 3.63) is 54.1 Å². The number of carbonyl (C=O) groups is 3. The van der Waals surface area contributed by atoms with E-state index < -0.39 is 11.7 Å². The monoisotopic (exact) mass is 566 g/mol. The van der Waals surface area contributed by atoms with Crippen molar-refractivity contribution >= 4 is 29.4 Å². The van der Waals surface area contributed by atoms with Gasteiger partial charge in [0.15, 0.2) is 0 Å². The summed E-state index contributed by atoms with van der Waals surface area (Å²) in [5.74, 6) is 1.05. The Hall–Kier alpha value is -3.79. The fourth-order valence-electron chi connectivity index (χ4n) is 4.99. The summed E-state index contributed by atoms with van der Waals surface area (Å²) in [7, 11) is 1.60. The van der Waals surface area contributed by atoms with E-state index in [0.717, 1.165) is 48.6 Å². The Labute approximate surface area is 242 Å². The van der Waals surface area contributed by atoms with Crippen molar-refractivity contribution in [1.29, 1.82) is 0 Å². The number of hydrogen-bond donors (Lipinski definition) is 1. The van der Waals surface area contributed by atoms with E-state index >= 15 is 0 Å². The number of methoxy groups -OCH3 is 1. The fourth-order valence-corrected chi connectivity index (χ4v) is 4.99. The Kier molecular flexibility index (Phi) is 10.1. The van der Waals surface area contributed by atoms with Gasteiger partial charge in [0.05, 0.1) is 20.3 Å². The van der Waals surface area contributed by atoms with Crippen molar-refractivity contribution in [1.82, 2.24) is 10.2 Å². The number of urea groups is 1. The number of nitrogens with one attached hydrogen (secondary N) is 1. The molecule has 2 aromatic rings. The van der Waals surface area contributed by atoms with Crippen LogP contribution in [0.4, 0.5) is 21.0 Å². The number of benzene rings is 2. The van der Waals surface area contributed by atoms with Gasteiger partial charge in [-0.25, -0.2) is 9.59 Å². The van der Waals surface area contributed by atoms with E-state index in [2.05, 4.69) is 10.2 Å². The van der Waals surface area contributed by atoms with Crippen LogP contribution in [0.15, 0.2) is 48.5 Å². The highest BCUT2D eigenvalue weighted by molar-refractivity contribution is 6.05. The lowest BCUT2D eigenvalue weighted by atomic mass is 9.97. The van der Waals surface area contributed by atoms with Crippen molar-refractivity contribution < 1.29 is 28.6 Å². The van der Waals surface area contributed by atoms with Crippen molar-refractivity contribution in [3.63, 3.8) is 0 Å². The average Bonchev–Trinajstić information content (AvgIpc) is 2.95. The molecule has 41 heavy (non-hydrogen) atoms. The molecule has 2 aliphatic heterocycles. The third-order valence-corrected chi connectivity index (χ3v) is 7.22. The van der Waals surface area contributed by atoms with Crippen LogP contribution in [0.25, 0.3) is 0 Å². The standard InChI is InChI=1S/C31H42N4O6/c1-31(2,3)41-29(37)32-16-20-40-22-24-13-17-33(18-14-24)25-7-9-26(10-8-25)34-19-15-28(36)35(30(34)38)21-23-5-11-27(39-4)12-6-23/h5-12,24H,13-22H2,1-4H3,(H,32,37). The third kappa shape index (κ3) is 8.60. The molecule has 4 rings (SSSR count). The van der Waals surface area contributed by atoms with Gasteiger partial charge >= 0.3 is 12.1 Å². The second kappa shape index (κ2) is 13.7. The SMILES string of the molecule is COc1ccc(CN2C(=O)CCN(c3ccc(N4CCC(COCCNC(=O)OC(C)(C)C)CC4)cc3)C2=O)cc1. The molecule has 0 saturated carbocycles. The summed E-state index contributed by atoms with van der Waals surface area (Å²) in [6.45, 7) is 9.51. The summed E-state index contributed by atoms with van der Waals surface area (Å²) in [5.41, 5.74) is 2.26. The number of imide groups is 1. The van der Waals surface area contributed by atoms with Crippen LogP contribution < -0.4 is 19.9 Å². The van der Waals surface area contributed by atoms with Crippen LogP contribution in [0.2, 0.25) is 0 Å². The molecular formula is C31H42N4O6. The van der Waals surface area contributed by atoms with E-state index in [1.54, 1.807) is 12.0 Å². The number of rotatable bonds is 10. The third-order valence-electron chi connectivity index (χ3n) is 7.22. The minimum absolute atomic E-state index is 0.162. The van der Waals surface area contributed by atoms with Gasteiger partial charge in [0, 0.05) is 50.6 Å². The lowest BCUT2D eigenvalue weighted by Gasteiger charge is -2.35. The average molecular weight is 567 g/mol. The molecule has 0 atom stereocenters. The van der Waals surface area contributed by atoms with E-state index in [4.69, 9.17) is 14.2 Å². The molecule has 10 nitrogen and oxygen atoms in total. The summed E-state index contributed by atoms with van der Waals surface area (Å²) in [5, 5.41) is 2.71.